The van der Waals surface area contributed by atoms with Crippen LogP contribution in [0.4, 0.5) is 0 Å². The monoisotopic (exact) mass is 256 g/mol. The van der Waals surface area contributed by atoms with Gasteiger partial charge in [0.2, 0.25) is 0 Å². The fourth-order valence-corrected chi connectivity index (χ4v) is 1.76. The lowest BCUT2D eigenvalue weighted by molar-refractivity contribution is 0.0711. The van der Waals surface area contributed by atoms with Crippen molar-refractivity contribution in [3.63, 3.8) is 0 Å². The molecule has 0 fully saturated rings. The van der Waals surface area contributed by atoms with Gasteiger partial charge in [0, 0.05) is 19.1 Å². The van der Waals surface area contributed by atoms with Gasteiger partial charge in [-0.2, -0.15) is 0 Å². The Hall–Kier alpha value is -1.26. The predicted octanol–water partition coefficient (Wildman–Crippen LogP) is 1.85. The number of carbonyl (C=O) groups excluding carboxylic acids is 1. The molecular weight excluding hydrogens is 240 g/mol. The summed E-state index contributed by atoms with van der Waals surface area (Å²) in [6, 6.07) is 4.35. The van der Waals surface area contributed by atoms with E-state index in [4.69, 9.17) is 17.3 Å². The van der Waals surface area contributed by atoms with Crippen LogP contribution in [-0.4, -0.2) is 35.0 Å². The van der Waals surface area contributed by atoms with Gasteiger partial charge < -0.3 is 15.7 Å². The molecule has 0 saturated heterocycles. The van der Waals surface area contributed by atoms with E-state index < -0.39 is 0 Å². The summed E-state index contributed by atoms with van der Waals surface area (Å²) in [4.78, 5) is 13.8. The van der Waals surface area contributed by atoms with E-state index in [1.54, 1.807) is 4.90 Å². The van der Waals surface area contributed by atoms with Gasteiger partial charge in [-0.25, -0.2) is 0 Å². The molecule has 1 aromatic carbocycles. The van der Waals surface area contributed by atoms with Crippen molar-refractivity contribution >= 4 is 17.5 Å². The van der Waals surface area contributed by atoms with E-state index in [0.717, 1.165) is 0 Å². The van der Waals surface area contributed by atoms with Gasteiger partial charge in [0.05, 0.1) is 10.6 Å². The molecule has 0 heterocycles. The van der Waals surface area contributed by atoms with Crippen molar-refractivity contribution in [2.75, 3.05) is 13.1 Å². The highest BCUT2D eigenvalue weighted by atomic mass is 35.5. The Kier molecular flexibility index (Phi) is 4.78. The molecule has 0 saturated carbocycles. The third-order valence-corrected chi connectivity index (χ3v) is 2.76. The van der Waals surface area contributed by atoms with Crippen LogP contribution in [0.25, 0.3) is 0 Å². The smallest absolute Gasteiger partial charge is 0.255 e. The molecule has 0 unspecified atom stereocenters. The molecule has 0 aliphatic heterocycles. The number of amides is 1. The molecular formula is C12H17ClN2O2. The summed E-state index contributed by atoms with van der Waals surface area (Å²) in [5.74, 6) is -0.194. The Morgan fingerprint density at radius 2 is 2.18 bits per heavy atom. The van der Waals surface area contributed by atoms with Crippen LogP contribution in [0.3, 0.4) is 0 Å². The van der Waals surface area contributed by atoms with Gasteiger partial charge in [0.25, 0.3) is 5.91 Å². The molecule has 0 aromatic heterocycles. The first kappa shape index (κ1) is 13.8. The summed E-state index contributed by atoms with van der Waals surface area (Å²) in [5, 5.41) is 9.71. The number of rotatable bonds is 4. The number of phenols is 1. The number of nitrogens with two attached hydrogens (primary N) is 1. The number of benzene rings is 1. The van der Waals surface area contributed by atoms with Crippen LogP contribution in [0.2, 0.25) is 5.02 Å². The first-order valence-electron chi connectivity index (χ1n) is 5.47. The van der Waals surface area contributed by atoms with E-state index >= 15 is 0 Å². The van der Waals surface area contributed by atoms with Gasteiger partial charge in [-0.05, 0) is 32.0 Å². The number of carbonyl (C=O) groups is 1. The molecule has 1 amide bonds. The van der Waals surface area contributed by atoms with Crippen LogP contribution < -0.4 is 5.73 Å². The van der Waals surface area contributed by atoms with E-state index in [-0.39, 0.29) is 17.7 Å². The number of hydrogen-bond acceptors (Lipinski definition) is 3. The zero-order valence-electron chi connectivity index (χ0n) is 9.98. The summed E-state index contributed by atoms with van der Waals surface area (Å²) in [6.45, 7) is 4.66. The lowest BCUT2D eigenvalue weighted by atomic mass is 10.1. The number of aromatic hydroxyl groups is 1. The highest BCUT2D eigenvalue weighted by Crippen LogP contribution is 2.23. The van der Waals surface area contributed by atoms with Crippen molar-refractivity contribution in [2.45, 2.75) is 19.9 Å². The maximum atomic E-state index is 12.2. The Labute approximate surface area is 106 Å². The highest BCUT2D eigenvalue weighted by Gasteiger charge is 2.20. The first-order valence-corrected chi connectivity index (χ1v) is 5.84. The minimum atomic E-state index is -0.216. The molecule has 0 atom stereocenters. The van der Waals surface area contributed by atoms with E-state index in [9.17, 15) is 9.90 Å². The maximum Gasteiger partial charge on any atom is 0.255 e. The van der Waals surface area contributed by atoms with E-state index in [1.165, 1.54) is 18.2 Å². The van der Waals surface area contributed by atoms with Crippen LogP contribution in [0.5, 0.6) is 5.75 Å². The molecule has 0 aliphatic rings. The van der Waals surface area contributed by atoms with Crippen molar-refractivity contribution in [1.82, 2.24) is 4.90 Å². The summed E-state index contributed by atoms with van der Waals surface area (Å²) in [5.41, 5.74) is 5.77. The molecule has 4 nitrogen and oxygen atoms in total. The first-order chi connectivity index (χ1) is 7.97. The fraction of sp³-hybridized carbons (Fsp3) is 0.417. The van der Waals surface area contributed by atoms with Gasteiger partial charge in [0.15, 0.2) is 0 Å². The summed E-state index contributed by atoms with van der Waals surface area (Å²) in [7, 11) is 0. The largest absolute Gasteiger partial charge is 0.508 e. The molecule has 3 N–H and O–H groups in total. The Balaban J connectivity index is 3.04. The van der Waals surface area contributed by atoms with Crippen LogP contribution >= 0.6 is 11.6 Å². The molecule has 94 valence electrons. The van der Waals surface area contributed by atoms with Crippen LogP contribution in [0, 0.1) is 0 Å². The molecule has 0 bridgehead atoms. The molecule has 0 aliphatic carbocycles. The van der Waals surface area contributed by atoms with Crippen LogP contribution in [0.15, 0.2) is 18.2 Å². The van der Waals surface area contributed by atoms with E-state index in [2.05, 4.69) is 0 Å². The Morgan fingerprint density at radius 3 is 2.71 bits per heavy atom. The zero-order valence-corrected chi connectivity index (χ0v) is 10.7. The van der Waals surface area contributed by atoms with Crippen molar-refractivity contribution in [3.8, 4) is 5.75 Å². The van der Waals surface area contributed by atoms with Crippen molar-refractivity contribution in [2.24, 2.45) is 5.73 Å². The normalized spacial score (nSPS) is 10.6. The maximum absolute atomic E-state index is 12.2. The Morgan fingerprint density at radius 1 is 1.53 bits per heavy atom. The molecule has 1 rings (SSSR count). The topological polar surface area (TPSA) is 66.6 Å². The van der Waals surface area contributed by atoms with Crippen LogP contribution in [0.1, 0.15) is 24.2 Å². The van der Waals surface area contributed by atoms with Crippen LogP contribution in [-0.2, 0) is 0 Å². The number of halogens is 1. The summed E-state index contributed by atoms with van der Waals surface area (Å²) >= 11 is 5.95. The van der Waals surface area contributed by atoms with Gasteiger partial charge >= 0.3 is 0 Å². The van der Waals surface area contributed by atoms with Gasteiger partial charge in [-0.1, -0.05) is 11.6 Å². The van der Waals surface area contributed by atoms with Crippen molar-refractivity contribution < 1.29 is 9.90 Å². The molecule has 17 heavy (non-hydrogen) atoms. The van der Waals surface area contributed by atoms with Gasteiger partial charge in [-0.3, -0.25) is 4.79 Å². The predicted molar refractivity (Wildman–Crippen MR) is 68.3 cm³/mol. The molecule has 0 spiro atoms. The molecule has 5 heteroatoms. The minimum Gasteiger partial charge on any atom is -0.508 e. The quantitative estimate of drug-likeness (QED) is 0.864. The lowest BCUT2D eigenvalue weighted by Crippen LogP contribution is -2.40. The van der Waals surface area contributed by atoms with Gasteiger partial charge in [0.1, 0.15) is 5.75 Å². The summed E-state index contributed by atoms with van der Waals surface area (Å²) in [6.07, 6.45) is 0. The zero-order chi connectivity index (χ0) is 13.0. The highest BCUT2D eigenvalue weighted by molar-refractivity contribution is 6.33. The number of phenolic OH excluding ortho intramolecular Hbond substituents is 1. The molecule has 0 radical (unpaired) electrons. The average molecular weight is 257 g/mol. The van der Waals surface area contributed by atoms with E-state index in [0.29, 0.717) is 23.7 Å². The van der Waals surface area contributed by atoms with Gasteiger partial charge in [-0.15, -0.1) is 0 Å². The number of nitrogens with zero attached hydrogens (tertiary/aromatic N) is 1. The fourth-order valence-electron chi connectivity index (χ4n) is 1.57. The lowest BCUT2D eigenvalue weighted by Gasteiger charge is -2.26. The van der Waals surface area contributed by atoms with Crippen molar-refractivity contribution in [3.05, 3.63) is 28.8 Å². The second kappa shape index (κ2) is 5.89. The SMILES string of the molecule is CC(C)N(CCN)C(=O)c1cc(O)ccc1Cl. The Bertz CT molecular complexity index is 407. The van der Waals surface area contributed by atoms with E-state index in [1.807, 2.05) is 13.8 Å². The standard InChI is InChI=1S/C12H17ClN2O2/c1-8(2)15(6-5-14)12(17)10-7-9(16)3-4-11(10)13/h3-4,7-8,16H,5-6,14H2,1-2H3. The molecule has 1 aromatic rings. The summed E-state index contributed by atoms with van der Waals surface area (Å²) < 4.78 is 0. The minimum absolute atomic E-state index is 0.0224. The second-order valence-corrected chi connectivity index (χ2v) is 4.45. The average Bonchev–Trinajstić information content (AvgIpc) is 2.28. The number of hydrogen-bond donors (Lipinski definition) is 2. The third kappa shape index (κ3) is 3.35. The third-order valence-electron chi connectivity index (χ3n) is 2.43. The van der Waals surface area contributed by atoms with Crippen molar-refractivity contribution in [1.29, 1.82) is 0 Å². The second-order valence-electron chi connectivity index (χ2n) is 4.05.